The van der Waals surface area contributed by atoms with Gasteiger partial charge in [0.1, 0.15) is 5.71 Å². The van der Waals surface area contributed by atoms with E-state index in [2.05, 4.69) is 16.9 Å². The van der Waals surface area contributed by atoms with Crippen molar-refractivity contribution in [2.75, 3.05) is 40.3 Å². The second-order valence-corrected chi connectivity index (χ2v) is 7.01. The molecule has 0 bridgehead atoms. The van der Waals surface area contributed by atoms with E-state index in [-0.39, 0.29) is 17.7 Å². The lowest BCUT2D eigenvalue weighted by atomic mass is 9.87. The first-order valence-electron chi connectivity index (χ1n) is 8.86. The zero-order chi connectivity index (χ0) is 18.3. The van der Waals surface area contributed by atoms with Gasteiger partial charge in [0.15, 0.2) is 0 Å². The number of likely N-dealkylation sites (N-methyl/N-ethyl adjacent to an activating group) is 1. The average Bonchev–Trinajstić information content (AvgIpc) is 3.15. The number of benzene rings is 1. The van der Waals surface area contributed by atoms with Gasteiger partial charge in [0, 0.05) is 51.2 Å². The molecular formula is C20H22N4O2. The minimum Gasteiger partial charge on any atom is -0.336 e. The van der Waals surface area contributed by atoms with E-state index in [9.17, 15) is 9.59 Å². The molecule has 1 unspecified atom stereocenters. The normalized spacial score (nSPS) is 23.0. The molecule has 3 heterocycles. The van der Waals surface area contributed by atoms with Crippen LogP contribution in [0.15, 0.2) is 47.7 Å². The Balaban J connectivity index is 1.55. The Morgan fingerprint density at radius 2 is 1.77 bits per heavy atom. The number of allylic oxidation sites excluding steroid dienone is 2. The fourth-order valence-corrected chi connectivity index (χ4v) is 3.60. The molecule has 0 saturated carbocycles. The molecule has 26 heavy (non-hydrogen) atoms. The van der Waals surface area contributed by atoms with Gasteiger partial charge in [-0.3, -0.25) is 14.6 Å². The molecule has 6 heteroatoms. The van der Waals surface area contributed by atoms with Gasteiger partial charge in [-0.05, 0) is 30.3 Å². The van der Waals surface area contributed by atoms with Crippen LogP contribution in [0.2, 0.25) is 0 Å². The molecule has 0 aromatic heterocycles. The van der Waals surface area contributed by atoms with Crippen LogP contribution in [0, 0.1) is 5.92 Å². The van der Waals surface area contributed by atoms with Gasteiger partial charge in [-0.25, -0.2) is 0 Å². The molecule has 1 aromatic rings. The summed E-state index contributed by atoms with van der Waals surface area (Å²) >= 11 is 0. The number of fused-ring (bicyclic) bond motifs is 1. The van der Waals surface area contributed by atoms with Crippen molar-refractivity contribution in [1.29, 1.82) is 0 Å². The van der Waals surface area contributed by atoms with Crippen LogP contribution in [0.5, 0.6) is 0 Å². The lowest BCUT2D eigenvalue weighted by molar-refractivity contribution is -0.121. The van der Waals surface area contributed by atoms with E-state index in [1.807, 2.05) is 41.4 Å². The lowest BCUT2D eigenvalue weighted by Crippen LogP contribution is -2.47. The molecule has 1 fully saturated rings. The summed E-state index contributed by atoms with van der Waals surface area (Å²) in [6.45, 7) is 3.35. The number of nitrogens with zero attached hydrogens (tertiary/aromatic N) is 4. The largest absolute Gasteiger partial charge is 0.336 e. The molecule has 0 aliphatic carbocycles. The smallest absolute Gasteiger partial charge is 0.272 e. The van der Waals surface area contributed by atoms with E-state index < -0.39 is 0 Å². The number of rotatable bonds is 2. The molecule has 3 aliphatic heterocycles. The predicted molar refractivity (Wildman–Crippen MR) is 101 cm³/mol. The summed E-state index contributed by atoms with van der Waals surface area (Å²) in [4.78, 5) is 34.8. The third-order valence-corrected chi connectivity index (χ3v) is 5.25. The van der Waals surface area contributed by atoms with Gasteiger partial charge in [-0.15, -0.1) is 0 Å². The Morgan fingerprint density at radius 1 is 1.08 bits per heavy atom. The van der Waals surface area contributed by atoms with Gasteiger partial charge in [-0.2, -0.15) is 0 Å². The van der Waals surface area contributed by atoms with Crippen molar-refractivity contribution in [3.05, 3.63) is 53.9 Å². The van der Waals surface area contributed by atoms with Crippen molar-refractivity contribution in [3.63, 3.8) is 0 Å². The Morgan fingerprint density at radius 3 is 2.46 bits per heavy atom. The fourth-order valence-electron chi connectivity index (χ4n) is 3.60. The summed E-state index contributed by atoms with van der Waals surface area (Å²) in [5, 5.41) is 0. The van der Waals surface area contributed by atoms with Crippen LogP contribution in [-0.2, 0) is 4.79 Å². The maximum absolute atomic E-state index is 12.7. The van der Waals surface area contributed by atoms with Gasteiger partial charge in [0.2, 0.25) is 0 Å². The zero-order valence-corrected chi connectivity index (χ0v) is 15.1. The van der Waals surface area contributed by atoms with E-state index in [0.29, 0.717) is 11.3 Å². The molecule has 0 N–H and O–H groups in total. The number of hydrogen-bond acceptors (Lipinski definition) is 4. The molecule has 3 aliphatic rings. The molecule has 1 aromatic carbocycles. The number of amides is 2. The number of piperazine rings is 1. The van der Waals surface area contributed by atoms with E-state index >= 15 is 0 Å². The molecule has 134 valence electrons. The predicted octanol–water partition coefficient (Wildman–Crippen LogP) is 1.47. The van der Waals surface area contributed by atoms with Gasteiger partial charge < -0.3 is 14.7 Å². The second-order valence-electron chi connectivity index (χ2n) is 7.01. The van der Waals surface area contributed by atoms with Crippen LogP contribution in [-0.4, -0.2) is 72.5 Å². The highest BCUT2D eigenvalue weighted by atomic mass is 16.2. The first kappa shape index (κ1) is 16.7. The molecule has 4 rings (SSSR count). The third kappa shape index (κ3) is 2.86. The fraction of sp³-hybridized carbons (Fsp3) is 0.350. The number of aliphatic imine (C=N–C) groups is 1. The van der Waals surface area contributed by atoms with Crippen LogP contribution in [0.3, 0.4) is 0 Å². The van der Waals surface area contributed by atoms with Gasteiger partial charge in [0.05, 0.1) is 5.92 Å². The summed E-state index contributed by atoms with van der Waals surface area (Å²) < 4.78 is 0. The monoisotopic (exact) mass is 350 g/mol. The summed E-state index contributed by atoms with van der Waals surface area (Å²) in [7, 11) is 3.82. The van der Waals surface area contributed by atoms with Crippen LogP contribution in [0.1, 0.15) is 15.9 Å². The maximum Gasteiger partial charge on any atom is 0.272 e. The highest BCUT2D eigenvalue weighted by Crippen LogP contribution is 2.33. The minimum absolute atomic E-state index is 0.0642. The van der Waals surface area contributed by atoms with E-state index in [0.717, 1.165) is 37.3 Å². The van der Waals surface area contributed by atoms with Gasteiger partial charge >= 0.3 is 0 Å². The SMILES string of the molecule is CN1CCN(C(=O)c2ccc(C3=CN(C)C(=O)C4=NC=CC34)cc2)CC1. The van der Waals surface area contributed by atoms with Crippen molar-refractivity contribution >= 4 is 23.1 Å². The van der Waals surface area contributed by atoms with Gasteiger partial charge in [0.25, 0.3) is 11.8 Å². The standard InChI is InChI=1S/C20H22N4O2/c1-22-9-11-24(12-10-22)19(25)15-5-3-14(4-6-15)17-13-23(2)20(26)18-16(17)7-8-21-18/h3-8,13,16H,9-12H2,1-2H3. The Hall–Kier alpha value is -2.73. The topological polar surface area (TPSA) is 56.2 Å². The lowest BCUT2D eigenvalue weighted by Gasteiger charge is -2.32. The minimum atomic E-state index is -0.0992. The second kappa shape index (κ2) is 6.53. The molecule has 1 atom stereocenters. The summed E-state index contributed by atoms with van der Waals surface area (Å²) in [5.74, 6) is -0.0823. The molecule has 1 saturated heterocycles. The van der Waals surface area contributed by atoms with Crippen molar-refractivity contribution in [2.45, 2.75) is 0 Å². The highest BCUT2D eigenvalue weighted by Gasteiger charge is 2.33. The van der Waals surface area contributed by atoms with Crippen LogP contribution in [0.4, 0.5) is 0 Å². The van der Waals surface area contributed by atoms with Crippen LogP contribution >= 0.6 is 0 Å². The first-order valence-corrected chi connectivity index (χ1v) is 8.86. The molecule has 6 nitrogen and oxygen atoms in total. The molecular weight excluding hydrogens is 328 g/mol. The van der Waals surface area contributed by atoms with Crippen molar-refractivity contribution in [2.24, 2.45) is 10.9 Å². The maximum atomic E-state index is 12.7. The molecule has 0 radical (unpaired) electrons. The van der Waals surface area contributed by atoms with Crippen LogP contribution in [0.25, 0.3) is 5.57 Å². The Bertz CT molecular complexity index is 830. The summed E-state index contributed by atoms with van der Waals surface area (Å²) in [6.07, 6.45) is 5.49. The zero-order valence-electron chi connectivity index (χ0n) is 15.1. The molecule has 0 spiro atoms. The van der Waals surface area contributed by atoms with E-state index in [1.165, 1.54) is 0 Å². The van der Waals surface area contributed by atoms with E-state index in [4.69, 9.17) is 0 Å². The van der Waals surface area contributed by atoms with Crippen molar-refractivity contribution in [3.8, 4) is 0 Å². The van der Waals surface area contributed by atoms with Crippen molar-refractivity contribution in [1.82, 2.24) is 14.7 Å². The molecule has 2 amide bonds. The average molecular weight is 350 g/mol. The third-order valence-electron chi connectivity index (χ3n) is 5.25. The van der Waals surface area contributed by atoms with Crippen LogP contribution < -0.4 is 0 Å². The number of carbonyl (C=O) groups excluding carboxylic acids is 2. The van der Waals surface area contributed by atoms with Crippen molar-refractivity contribution < 1.29 is 9.59 Å². The van der Waals surface area contributed by atoms with Gasteiger partial charge in [-0.1, -0.05) is 18.2 Å². The number of hydrogen-bond donors (Lipinski definition) is 0. The van der Waals surface area contributed by atoms with E-state index in [1.54, 1.807) is 18.1 Å². The quantitative estimate of drug-likeness (QED) is 0.812. The highest BCUT2D eigenvalue weighted by molar-refractivity contribution is 6.44. The number of carbonyl (C=O) groups is 2. The Kier molecular flexibility index (Phi) is 4.20. The Labute approximate surface area is 153 Å². The summed E-state index contributed by atoms with van der Waals surface area (Å²) in [6, 6.07) is 7.68. The first-order chi connectivity index (χ1) is 12.5. The summed E-state index contributed by atoms with van der Waals surface area (Å²) in [5.41, 5.74) is 3.29.